The van der Waals surface area contributed by atoms with Crippen molar-refractivity contribution < 1.29 is 22.6 Å². The first-order valence-electron chi connectivity index (χ1n) is 6.29. The van der Waals surface area contributed by atoms with Crippen molar-refractivity contribution in [1.82, 2.24) is 0 Å². The molecular formula is C13H17NO5S. The summed E-state index contributed by atoms with van der Waals surface area (Å²) in [6.45, 7) is -0.288. The SMILES string of the molecule is CS(=O)(=O)C1CC[N@+]([O-])(C(=O)OCc2ccccc2)C1. The van der Waals surface area contributed by atoms with Gasteiger partial charge in [-0.2, -0.15) is 4.79 Å². The van der Waals surface area contributed by atoms with E-state index in [-0.39, 0.29) is 26.1 Å². The van der Waals surface area contributed by atoms with Gasteiger partial charge in [0.1, 0.15) is 18.4 Å². The van der Waals surface area contributed by atoms with Crippen molar-refractivity contribution in [2.75, 3.05) is 19.3 Å². The molecule has 20 heavy (non-hydrogen) atoms. The molecule has 7 heteroatoms. The number of nitrogens with zero attached hydrogens (tertiary/aromatic N) is 1. The lowest BCUT2D eigenvalue weighted by atomic mass is 10.2. The van der Waals surface area contributed by atoms with Crippen LogP contribution in [0, 0.1) is 5.21 Å². The van der Waals surface area contributed by atoms with E-state index in [0.29, 0.717) is 0 Å². The Labute approximate surface area is 118 Å². The van der Waals surface area contributed by atoms with Crippen molar-refractivity contribution in [3.05, 3.63) is 41.1 Å². The molecule has 0 spiro atoms. The van der Waals surface area contributed by atoms with E-state index in [9.17, 15) is 18.4 Å². The Kier molecular flexibility index (Phi) is 4.12. The van der Waals surface area contributed by atoms with Crippen LogP contribution in [-0.4, -0.2) is 43.8 Å². The van der Waals surface area contributed by atoms with E-state index in [1.807, 2.05) is 6.07 Å². The Morgan fingerprint density at radius 1 is 1.40 bits per heavy atom. The number of likely N-dealkylation sites (tertiary alicyclic amines) is 1. The summed E-state index contributed by atoms with van der Waals surface area (Å²) < 4.78 is 26.6. The zero-order valence-electron chi connectivity index (χ0n) is 11.2. The molecule has 1 heterocycles. The van der Waals surface area contributed by atoms with E-state index in [0.717, 1.165) is 11.8 Å². The summed E-state index contributed by atoms with van der Waals surface area (Å²) in [4.78, 5) is 11.9. The van der Waals surface area contributed by atoms with Crippen LogP contribution in [0.3, 0.4) is 0 Å². The monoisotopic (exact) mass is 299 g/mol. The van der Waals surface area contributed by atoms with Crippen LogP contribution in [0.15, 0.2) is 30.3 Å². The molecule has 1 aromatic rings. The van der Waals surface area contributed by atoms with Crippen LogP contribution in [0.5, 0.6) is 0 Å². The molecule has 1 amide bonds. The Bertz CT molecular complexity index is 586. The molecule has 0 radical (unpaired) electrons. The number of ether oxygens (including phenoxy) is 1. The lowest BCUT2D eigenvalue weighted by molar-refractivity contribution is -0.793. The van der Waals surface area contributed by atoms with Crippen molar-refractivity contribution >= 4 is 15.9 Å². The van der Waals surface area contributed by atoms with E-state index in [2.05, 4.69) is 0 Å². The number of hydrogen-bond acceptors (Lipinski definition) is 5. The number of quaternary nitrogens is 1. The van der Waals surface area contributed by atoms with E-state index in [1.54, 1.807) is 24.3 Å². The van der Waals surface area contributed by atoms with Gasteiger partial charge in [-0.15, -0.1) is 0 Å². The lowest BCUT2D eigenvalue weighted by Gasteiger charge is -2.33. The largest absolute Gasteiger partial charge is 0.622 e. The molecule has 110 valence electrons. The number of sulfone groups is 1. The minimum atomic E-state index is -3.30. The first kappa shape index (κ1) is 15.0. The van der Waals surface area contributed by atoms with Gasteiger partial charge >= 0.3 is 6.09 Å². The number of hydroxylamine groups is 3. The van der Waals surface area contributed by atoms with E-state index < -0.39 is 25.8 Å². The van der Waals surface area contributed by atoms with Gasteiger partial charge in [0.25, 0.3) is 0 Å². The van der Waals surface area contributed by atoms with Gasteiger partial charge in [-0.05, 0) is 5.56 Å². The molecule has 1 aliphatic heterocycles. The summed E-state index contributed by atoms with van der Waals surface area (Å²) in [7, 11) is -3.30. The maximum Gasteiger partial charge on any atom is 0.516 e. The topological polar surface area (TPSA) is 83.5 Å². The number of hydrogen-bond donors (Lipinski definition) is 0. The number of carbonyl (C=O) groups excluding carboxylic acids is 1. The number of rotatable bonds is 3. The van der Waals surface area contributed by atoms with Gasteiger partial charge in [-0.3, -0.25) is 4.65 Å². The molecule has 0 saturated carbocycles. The fraction of sp³-hybridized carbons (Fsp3) is 0.462. The normalized spacial score (nSPS) is 26.4. The van der Waals surface area contributed by atoms with Crippen LogP contribution < -0.4 is 0 Å². The molecule has 1 fully saturated rings. The molecule has 1 aliphatic rings. The second-order valence-electron chi connectivity index (χ2n) is 5.08. The van der Waals surface area contributed by atoms with E-state index >= 15 is 0 Å². The van der Waals surface area contributed by atoms with Crippen LogP contribution in [0.1, 0.15) is 12.0 Å². The third kappa shape index (κ3) is 3.36. The lowest BCUT2D eigenvalue weighted by Crippen LogP contribution is -2.46. The number of amides is 1. The van der Waals surface area contributed by atoms with Crippen LogP contribution >= 0.6 is 0 Å². The molecule has 0 aliphatic carbocycles. The number of benzene rings is 1. The zero-order chi connectivity index (χ0) is 14.8. The summed E-state index contributed by atoms with van der Waals surface area (Å²) in [5.41, 5.74) is 0.784. The third-order valence-electron chi connectivity index (χ3n) is 3.45. The standard InChI is InChI=1S/C13H17NO5S/c1-20(17,18)12-7-8-14(16,9-12)13(15)19-10-11-5-3-2-4-6-11/h2-6,12H,7-10H2,1H3/t12?,14-/m1/s1. The molecular weight excluding hydrogens is 282 g/mol. The molecule has 0 bridgehead atoms. The van der Waals surface area contributed by atoms with Gasteiger partial charge in [0.2, 0.25) is 0 Å². The highest BCUT2D eigenvalue weighted by Crippen LogP contribution is 2.24. The first-order valence-corrected chi connectivity index (χ1v) is 8.25. The van der Waals surface area contributed by atoms with Crippen LogP contribution in [0.4, 0.5) is 4.79 Å². The summed E-state index contributed by atoms with van der Waals surface area (Å²) in [6.07, 6.45) is 0.366. The van der Waals surface area contributed by atoms with Crippen molar-refractivity contribution in [2.24, 2.45) is 0 Å². The van der Waals surface area contributed by atoms with Gasteiger partial charge in [-0.1, -0.05) is 30.3 Å². The Balaban J connectivity index is 1.96. The van der Waals surface area contributed by atoms with Crippen molar-refractivity contribution in [2.45, 2.75) is 18.3 Å². The van der Waals surface area contributed by atoms with Gasteiger partial charge in [0.05, 0.1) is 6.54 Å². The summed E-state index contributed by atoms with van der Waals surface area (Å²) in [6, 6.07) is 9.02. The van der Waals surface area contributed by atoms with Crippen molar-refractivity contribution in [1.29, 1.82) is 0 Å². The molecule has 1 unspecified atom stereocenters. The van der Waals surface area contributed by atoms with Crippen molar-refractivity contribution in [3.63, 3.8) is 0 Å². The predicted octanol–water partition coefficient (Wildman–Crippen LogP) is 1.45. The second-order valence-corrected chi connectivity index (χ2v) is 7.40. The highest BCUT2D eigenvalue weighted by molar-refractivity contribution is 7.91. The van der Waals surface area contributed by atoms with Gasteiger partial charge in [-0.25, -0.2) is 8.42 Å². The van der Waals surface area contributed by atoms with Crippen molar-refractivity contribution in [3.8, 4) is 0 Å². The van der Waals surface area contributed by atoms with E-state index in [4.69, 9.17) is 4.74 Å². The molecule has 1 saturated heterocycles. The molecule has 6 nitrogen and oxygen atoms in total. The quantitative estimate of drug-likeness (QED) is 0.623. The molecule has 2 atom stereocenters. The average Bonchev–Trinajstić information content (AvgIpc) is 2.81. The molecule has 0 aromatic heterocycles. The highest BCUT2D eigenvalue weighted by Gasteiger charge is 2.43. The summed E-state index contributed by atoms with van der Waals surface area (Å²) >= 11 is 0. The Morgan fingerprint density at radius 3 is 2.60 bits per heavy atom. The summed E-state index contributed by atoms with van der Waals surface area (Å²) in [5, 5.41) is 11.5. The summed E-state index contributed by atoms with van der Waals surface area (Å²) in [5.74, 6) is 0. The van der Waals surface area contributed by atoms with Crippen LogP contribution in [0.25, 0.3) is 0 Å². The van der Waals surface area contributed by atoms with Gasteiger partial charge in [0.15, 0.2) is 9.84 Å². The second kappa shape index (κ2) is 5.51. The third-order valence-corrected chi connectivity index (χ3v) is 5.05. The molecule has 2 rings (SSSR count). The zero-order valence-corrected chi connectivity index (χ0v) is 12.0. The maximum atomic E-state index is 12.3. The Morgan fingerprint density at radius 2 is 2.05 bits per heavy atom. The van der Waals surface area contributed by atoms with Crippen LogP contribution in [0.2, 0.25) is 0 Å². The fourth-order valence-corrected chi connectivity index (χ4v) is 3.26. The fourth-order valence-electron chi connectivity index (χ4n) is 2.22. The molecule has 0 N–H and O–H groups in total. The Hall–Kier alpha value is -1.44. The molecule has 1 aromatic carbocycles. The average molecular weight is 299 g/mol. The maximum absolute atomic E-state index is 12.3. The smallest absolute Gasteiger partial charge is 0.516 e. The predicted molar refractivity (Wildman–Crippen MR) is 73.2 cm³/mol. The minimum absolute atomic E-state index is 0.0193. The first-order chi connectivity index (χ1) is 9.31. The van der Waals surface area contributed by atoms with Gasteiger partial charge in [0, 0.05) is 12.7 Å². The van der Waals surface area contributed by atoms with Crippen LogP contribution in [-0.2, 0) is 21.2 Å². The number of carbonyl (C=O) groups is 1. The minimum Gasteiger partial charge on any atom is -0.622 e. The highest BCUT2D eigenvalue weighted by atomic mass is 32.2. The van der Waals surface area contributed by atoms with E-state index in [1.165, 1.54) is 0 Å². The van der Waals surface area contributed by atoms with Gasteiger partial charge < -0.3 is 9.94 Å².